The lowest BCUT2D eigenvalue weighted by Crippen LogP contribution is -3.07. The van der Waals surface area contributed by atoms with E-state index in [0.717, 1.165) is 39.0 Å². The number of hydrogen-bond donors (Lipinski definition) is 1. The molecule has 84 heavy (non-hydrogen) atoms. The van der Waals surface area contributed by atoms with Gasteiger partial charge in [-0.25, -0.2) is 96.6 Å². The second-order valence-corrected chi connectivity index (χ2v) is 19.6. The Balaban J connectivity index is 0.000000337. The Kier molecular flexibility index (Phi) is 17.4. The van der Waals surface area contributed by atoms with Gasteiger partial charge in [0.05, 0.1) is 34.6 Å². The van der Waals surface area contributed by atoms with Gasteiger partial charge in [0, 0.05) is 5.56 Å². The molecule has 9 rings (SSSR count). The van der Waals surface area contributed by atoms with Crippen molar-refractivity contribution in [2.45, 2.75) is 59.8 Å². The Bertz CT molecular complexity index is 3730. The van der Waals surface area contributed by atoms with E-state index in [0.29, 0.717) is 23.9 Å². The number of fused-ring (bicyclic) bond motifs is 4. The van der Waals surface area contributed by atoms with Crippen LogP contribution >= 0.6 is 0 Å². The molecule has 9 aromatic carbocycles. The SMILES string of the molecule is CCCCC(CC)CC[NH+](CC)c1c(F)c(C)c(F)c(F)c1F.Fc1ccc2c([B-](c3c(F)c(F)c(F)c4c(F)c(F)ccc34)(c3c(F)c(F)c(F)c4c(F)c(F)ccc34)c3c(F)c(F)c(F)c4c(F)c(F)ccc34)c(F)c(F)c(F)c2c1F. The minimum absolute atomic E-state index is 0.0220. The fraction of sp³-hybridized carbons (Fsp3) is 0.207. The van der Waals surface area contributed by atoms with Crippen molar-refractivity contribution in [1.82, 2.24) is 0 Å². The van der Waals surface area contributed by atoms with Crippen molar-refractivity contribution in [3.63, 3.8) is 0 Å². The highest BCUT2D eigenvalue weighted by Gasteiger charge is 2.49. The molecule has 1 N–H and O–H groups in total. The number of benzene rings is 9. The quantitative estimate of drug-likeness (QED) is 0.0508. The van der Waals surface area contributed by atoms with Gasteiger partial charge in [0.25, 0.3) is 0 Å². The van der Waals surface area contributed by atoms with Gasteiger partial charge in [-0.15, -0.1) is 21.9 Å². The van der Waals surface area contributed by atoms with E-state index in [2.05, 4.69) is 13.8 Å². The fourth-order valence-corrected chi connectivity index (χ4v) is 11.3. The van der Waals surface area contributed by atoms with Crippen molar-refractivity contribution < 1.29 is 110 Å². The van der Waals surface area contributed by atoms with E-state index < -0.39 is 216 Å². The van der Waals surface area contributed by atoms with E-state index in [1.807, 2.05) is 0 Å². The highest BCUT2D eigenvalue weighted by atomic mass is 19.2. The monoisotopic (exact) mass is 1210 g/mol. The molecule has 2 unspecified atom stereocenters. The molecule has 0 amide bonds. The second-order valence-electron chi connectivity index (χ2n) is 19.6. The summed E-state index contributed by atoms with van der Waals surface area (Å²) in [6.45, 7) is 8.09. The summed E-state index contributed by atoms with van der Waals surface area (Å²) in [7, 11) is 0. The van der Waals surface area contributed by atoms with Crippen LogP contribution in [0, 0.1) is 152 Å². The van der Waals surface area contributed by atoms with E-state index in [9.17, 15) is 35.1 Å². The molecule has 0 radical (unpaired) electrons. The number of rotatable bonds is 13. The largest absolute Gasteiger partial charge is 0.298 e. The molecule has 0 aliphatic carbocycles. The lowest BCUT2D eigenvalue weighted by atomic mass is 9.11. The molecule has 444 valence electrons. The first-order valence-electron chi connectivity index (χ1n) is 25.1. The normalized spacial score (nSPS) is 12.8. The Hall–Kier alpha value is -7.64. The Morgan fingerprint density at radius 2 is 0.631 bits per heavy atom. The molecule has 0 aliphatic rings. The lowest BCUT2D eigenvalue weighted by Gasteiger charge is -2.47. The zero-order valence-electron chi connectivity index (χ0n) is 43.3. The second kappa shape index (κ2) is 23.4. The summed E-state index contributed by atoms with van der Waals surface area (Å²) in [5, 5.41) is -16.2. The first kappa shape index (κ1) is 62.4. The van der Waals surface area contributed by atoms with Gasteiger partial charge in [-0.2, -0.15) is 8.78 Å². The molecular formula is C58H36BF24N. The molecule has 0 fully saturated rings. The van der Waals surface area contributed by atoms with E-state index in [4.69, 9.17) is 0 Å². The number of unbranched alkanes of at least 4 members (excludes halogenated alkanes) is 1. The average molecular weight is 1210 g/mol. The number of quaternary nitrogens is 1. The summed E-state index contributed by atoms with van der Waals surface area (Å²) >= 11 is 0. The topological polar surface area (TPSA) is 4.44 Å². The maximum atomic E-state index is 17.3. The van der Waals surface area contributed by atoms with Crippen molar-refractivity contribution in [1.29, 1.82) is 0 Å². The molecule has 0 aromatic heterocycles. The van der Waals surface area contributed by atoms with Crippen LogP contribution in [0.25, 0.3) is 43.1 Å². The molecular weight excluding hydrogens is 1180 g/mol. The molecule has 0 bridgehead atoms. The smallest absolute Gasteiger partial charge is 0.225 e. The Labute approximate surface area is 458 Å². The van der Waals surface area contributed by atoms with Crippen LogP contribution in [-0.2, 0) is 0 Å². The fourth-order valence-electron chi connectivity index (χ4n) is 11.3. The van der Waals surface area contributed by atoms with Gasteiger partial charge in [-0.1, -0.05) is 63.8 Å². The van der Waals surface area contributed by atoms with E-state index >= 15 is 70.2 Å². The minimum atomic E-state index is -6.29. The van der Waals surface area contributed by atoms with Gasteiger partial charge in [0.15, 0.2) is 105 Å². The third-order valence-corrected chi connectivity index (χ3v) is 15.3. The van der Waals surface area contributed by atoms with Gasteiger partial charge >= 0.3 is 0 Å². The van der Waals surface area contributed by atoms with Crippen molar-refractivity contribution in [2.24, 2.45) is 5.92 Å². The van der Waals surface area contributed by atoms with Crippen LogP contribution in [0.2, 0.25) is 0 Å². The number of hydrogen-bond acceptors (Lipinski definition) is 0. The van der Waals surface area contributed by atoms with Crippen molar-refractivity contribution in [3.8, 4) is 0 Å². The average Bonchev–Trinajstić information content (AvgIpc) is 0.684. The lowest BCUT2D eigenvalue weighted by molar-refractivity contribution is -0.833. The van der Waals surface area contributed by atoms with E-state index in [-0.39, 0.29) is 54.2 Å². The summed E-state index contributed by atoms with van der Waals surface area (Å²) < 4.78 is 373. The molecule has 0 aliphatic heterocycles. The van der Waals surface area contributed by atoms with Crippen LogP contribution in [0.5, 0.6) is 0 Å². The maximum absolute atomic E-state index is 17.3. The third-order valence-electron chi connectivity index (χ3n) is 15.3. The van der Waals surface area contributed by atoms with Crippen molar-refractivity contribution in [3.05, 3.63) is 194 Å². The van der Waals surface area contributed by atoms with Crippen molar-refractivity contribution in [2.75, 3.05) is 13.1 Å². The van der Waals surface area contributed by atoms with Crippen LogP contribution in [-0.4, -0.2) is 19.2 Å². The molecule has 0 heterocycles. The highest BCUT2D eigenvalue weighted by molar-refractivity contribution is 7.23. The first-order chi connectivity index (χ1) is 39.5. The van der Waals surface area contributed by atoms with Gasteiger partial charge in [0.1, 0.15) is 29.4 Å². The zero-order chi connectivity index (χ0) is 62.2. The standard InChI is InChI=1S/C40H8BF20.C18H27F4N/c42-13-5-1-9-17(25(13)46)29(50)37(58)33(54)21(9)41(22-10-2-6-14(43)26(47)18(10)30(51)38(59)34(22)55,23-11-3-7-15(44)27(48)19(11)31(52)39(60)35(23)56)24-12-4-8-16(45)28(49)20(12)32(53)40(61)36(24)57;1-5-8-9-13(6-2)10-11-23(7-3)18-15(20)12(4)14(19)16(21)17(18)22/h1-8H;13H,5-11H2,1-4H3/q-1;/p+1. The molecule has 0 saturated carbocycles. The van der Waals surface area contributed by atoms with Gasteiger partial charge in [-0.05, 0) is 72.0 Å². The van der Waals surface area contributed by atoms with Crippen LogP contribution in [0.4, 0.5) is 111 Å². The van der Waals surface area contributed by atoms with E-state index in [1.54, 1.807) is 6.92 Å². The van der Waals surface area contributed by atoms with Crippen molar-refractivity contribution >= 4 is 76.8 Å². The number of nitrogens with one attached hydrogen (secondary N) is 1. The third kappa shape index (κ3) is 9.49. The van der Waals surface area contributed by atoms with Gasteiger partial charge < -0.3 is 0 Å². The predicted molar refractivity (Wildman–Crippen MR) is 264 cm³/mol. The summed E-state index contributed by atoms with van der Waals surface area (Å²) in [6, 6.07) is -0.488. The van der Waals surface area contributed by atoms with E-state index in [1.165, 1.54) is 0 Å². The van der Waals surface area contributed by atoms with Gasteiger partial charge in [0.2, 0.25) is 17.3 Å². The summed E-state index contributed by atoms with van der Waals surface area (Å²) in [6.07, 6.45) is -1.12. The Morgan fingerprint density at radius 1 is 0.333 bits per heavy atom. The predicted octanol–water partition coefficient (Wildman–Crippen LogP) is 15.2. The highest BCUT2D eigenvalue weighted by Crippen LogP contribution is 2.39. The minimum Gasteiger partial charge on any atom is -0.298 e. The first-order valence-corrected chi connectivity index (χ1v) is 25.1. The number of halogens is 24. The van der Waals surface area contributed by atoms with Crippen LogP contribution in [0.3, 0.4) is 0 Å². The van der Waals surface area contributed by atoms with Crippen LogP contribution < -0.4 is 26.8 Å². The molecule has 0 saturated heterocycles. The molecule has 26 heteroatoms. The van der Waals surface area contributed by atoms with Crippen LogP contribution in [0.15, 0.2) is 48.5 Å². The summed E-state index contributed by atoms with van der Waals surface area (Å²) in [5.41, 5.74) is -10.6. The van der Waals surface area contributed by atoms with Gasteiger partial charge in [-0.3, -0.25) is 4.90 Å². The maximum Gasteiger partial charge on any atom is 0.225 e. The summed E-state index contributed by atoms with van der Waals surface area (Å²) in [5.74, 6) is -59.7. The Morgan fingerprint density at radius 3 is 0.905 bits per heavy atom. The molecule has 9 aromatic rings. The molecule has 1 nitrogen and oxygen atoms in total. The molecule has 2 atom stereocenters. The summed E-state index contributed by atoms with van der Waals surface area (Å²) in [4.78, 5) is 0.525. The van der Waals surface area contributed by atoms with Crippen LogP contribution in [0.1, 0.15) is 58.4 Å². The zero-order valence-corrected chi connectivity index (χ0v) is 43.3. The molecule has 0 spiro atoms.